The first kappa shape index (κ1) is 28.4. The van der Waals surface area contributed by atoms with Gasteiger partial charge in [-0.2, -0.15) is 0 Å². The van der Waals surface area contributed by atoms with Crippen molar-refractivity contribution in [1.29, 1.82) is 5.41 Å². The molecule has 4 aromatic rings. The summed E-state index contributed by atoms with van der Waals surface area (Å²) in [5, 5.41) is 10.7. The number of amides is 2. The second-order valence-corrected chi connectivity index (χ2v) is 12.7. The summed E-state index contributed by atoms with van der Waals surface area (Å²) >= 11 is 0. The Morgan fingerprint density at radius 1 is 0.875 bits per heavy atom. The lowest BCUT2D eigenvalue weighted by Crippen LogP contribution is -2.35. The average molecular weight is 556 g/mol. The van der Waals surface area contributed by atoms with Gasteiger partial charge in [-0.1, -0.05) is 72.8 Å². The molecule has 0 aliphatic rings. The van der Waals surface area contributed by atoms with Crippen LogP contribution >= 0.6 is 0 Å². The number of benzene rings is 4. The molecule has 0 aliphatic carbocycles. The van der Waals surface area contributed by atoms with Crippen LogP contribution in [0.2, 0.25) is 0 Å². The van der Waals surface area contributed by atoms with Crippen LogP contribution in [-0.4, -0.2) is 25.0 Å². The Hall–Kier alpha value is -4.63. The Bertz CT molecular complexity index is 1620. The molecule has 9 heteroatoms. The van der Waals surface area contributed by atoms with E-state index in [0.29, 0.717) is 28.2 Å². The van der Waals surface area contributed by atoms with Gasteiger partial charge in [0.05, 0.1) is 17.0 Å². The van der Waals surface area contributed by atoms with E-state index in [-0.39, 0.29) is 12.4 Å². The largest absolute Gasteiger partial charge is 0.384 e. The third-order valence-electron chi connectivity index (χ3n) is 6.30. The second kappa shape index (κ2) is 11.6. The van der Waals surface area contributed by atoms with E-state index in [9.17, 15) is 13.2 Å². The molecule has 8 nitrogen and oxygen atoms in total. The molecule has 40 heavy (non-hydrogen) atoms. The molecule has 4 aromatic carbocycles. The Kier molecular flexibility index (Phi) is 8.25. The normalized spacial score (nSPS) is 11.5. The van der Waals surface area contributed by atoms with Crippen LogP contribution in [-0.2, 0) is 16.6 Å². The topological polar surface area (TPSA) is 128 Å². The molecule has 0 atom stereocenters. The molecule has 0 saturated carbocycles. The Morgan fingerprint density at radius 3 is 2.15 bits per heavy atom. The van der Waals surface area contributed by atoms with Crippen molar-refractivity contribution in [2.24, 2.45) is 5.73 Å². The number of carbonyl (C=O) groups is 1. The maximum absolute atomic E-state index is 13.7. The van der Waals surface area contributed by atoms with Gasteiger partial charge in [-0.05, 0) is 62.2 Å². The van der Waals surface area contributed by atoms with Crippen LogP contribution in [0, 0.1) is 5.41 Å². The monoisotopic (exact) mass is 555 g/mol. The van der Waals surface area contributed by atoms with Crippen LogP contribution in [0.1, 0.15) is 31.9 Å². The molecular weight excluding hydrogens is 522 g/mol. The van der Waals surface area contributed by atoms with Gasteiger partial charge in [0.1, 0.15) is 5.84 Å². The summed E-state index contributed by atoms with van der Waals surface area (Å²) in [6.45, 7) is 5.11. The number of hydrogen-bond donors (Lipinski definition) is 4. The Labute approximate surface area is 235 Å². The minimum atomic E-state index is -3.74. The number of nitrogens with zero attached hydrogens (tertiary/aromatic N) is 1. The van der Waals surface area contributed by atoms with Crippen LogP contribution in [0.25, 0.3) is 11.1 Å². The molecule has 0 unspecified atom stereocenters. The number of hydrogen-bond acceptors (Lipinski definition) is 4. The van der Waals surface area contributed by atoms with Gasteiger partial charge >= 0.3 is 6.03 Å². The fraction of sp³-hybridized carbons (Fsp3) is 0.161. The van der Waals surface area contributed by atoms with E-state index in [1.807, 2.05) is 66.7 Å². The van der Waals surface area contributed by atoms with Gasteiger partial charge in [0.15, 0.2) is 0 Å². The van der Waals surface area contributed by atoms with Crippen LogP contribution in [0.3, 0.4) is 0 Å². The van der Waals surface area contributed by atoms with Gasteiger partial charge in [0, 0.05) is 22.5 Å². The number of sulfonamides is 1. The molecule has 0 spiro atoms. The highest BCUT2D eigenvalue weighted by molar-refractivity contribution is 7.94. The lowest BCUT2D eigenvalue weighted by molar-refractivity contribution is 0.256. The van der Waals surface area contributed by atoms with E-state index in [1.165, 1.54) is 0 Å². The van der Waals surface area contributed by atoms with E-state index in [4.69, 9.17) is 11.1 Å². The quantitative estimate of drug-likeness (QED) is 0.148. The number of nitrogen functional groups attached to an aromatic ring is 1. The van der Waals surface area contributed by atoms with Gasteiger partial charge < -0.3 is 11.1 Å². The molecule has 0 fully saturated rings. The predicted molar refractivity (Wildman–Crippen MR) is 163 cm³/mol. The zero-order chi connectivity index (χ0) is 28.9. The highest BCUT2D eigenvalue weighted by atomic mass is 32.2. The second-order valence-electron chi connectivity index (χ2n) is 10.3. The average Bonchev–Trinajstić information content (AvgIpc) is 2.92. The number of anilines is 3. The van der Waals surface area contributed by atoms with Crippen LogP contribution < -0.4 is 20.7 Å². The van der Waals surface area contributed by atoms with Crippen molar-refractivity contribution in [2.45, 2.75) is 32.1 Å². The van der Waals surface area contributed by atoms with Gasteiger partial charge in [0.2, 0.25) is 10.0 Å². The smallest absolute Gasteiger partial charge is 0.326 e. The highest BCUT2D eigenvalue weighted by Crippen LogP contribution is 2.33. The molecule has 2 amide bonds. The summed E-state index contributed by atoms with van der Waals surface area (Å²) in [6, 6.07) is 30.6. The first-order valence-electron chi connectivity index (χ1n) is 12.7. The molecule has 0 saturated heterocycles. The summed E-state index contributed by atoms with van der Waals surface area (Å²) in [5.74, 6) is -0.0543. The Morgan fingerprint density at radius 2 is 1.52 bits per heavy atom. The molecule has 0 radical (unpaired) electrons. The Balaban J connectivity index is 1.69. The number of urea groups is 1. The SMILES string of the molecule is CC(C)(C)S(=O)(=O)Nc1cc(NC(=O)N(Cc2cccc(C(=N)N)c2)c2ccccc2)ccc1-c1ccccc1. The molecule has 0 bridgehead atoms. The maximum atomic E-state index is 13.7. The van der Waals surface area contributed by atoms with Crippen molar-refractivity contribution >= 4 is 39.0 Å². The van der Waals surface area contributed by atoms with Crippen LogP contribution in [0.5, 0.6) is 0 Å². The minimum absolute atomic E-state index is 0.0543. The van der Waals surface area contributed by atoms with E-state index in [0.717, 1.165) is 11.1 Å². The van der Waals surface area contributed by atoms with E-state index in [2.05, 4.69) is 10.0 Å². The van der Waals surface area contributed by atoms with Gasteiger partial charge in [-0.15, -0.1) is 0 Å². The van der Waals surface area contributed by atoms with Crippen molar-refractivity contribution in [1.82, 2.24) is 0 Å². The molecule has 4 rings (SSSR count). The summed E-state index contributed by atoms with van der Waals surface area (Å²) in [6.07, 6.45) is 0. The lowest BCUT2D eigenvalue weighted by atomic mass is 10.0. The fourth-order valence-electron chi connectivity index (χ4n) is 3.97. The molecule has 0 aromatic heterocycles. The number of rotatable bonds is 8. The number of nitrogens with two attached hydrogens (primary N) is 1. The molecule has 5 N–H and O–H groups in total. The zero-order valence-corrected chi connectivity index (χ0v) is 23.5. The van der Waals surface area contributed by atoms with Crippen molar-refractivity contribution in [2.75, 3.05) is 14.9 Å². The zero-order valence-electron chi connectivity index (χ0n) is 22.7. The molecule has 0 heterocycles. The van der Waals surface area contributed by atoms with Crippen molar-refractivity contribution in [3.8, 4) is 11.1 Å². The standard InChI is InChI=1S/C31H33N5O3S/c1-31(2,3)40(38,39)35-28-20-25(17-18-27(28)23-12-6-4-7-13-23)34-30(37)36(26-15-8-5-9-16-26)21-22-11-10-14-24(19-22)29(32)33/h4-20,35H,21H2,1-3H3,(H3,32,33)(H,34,37). The molecule has 0 aliphatic heterocycles. The minimum Gasteiger partial charge on any atom is -0.384 e. The van der Waals surface area contributed by atoms with Crippen molar-refractivity contribution < 1.29 is 13.2 Å². The van der Waals surface area contributed by atoms with E-state index in [1.54, 1.807) is 62.1 Å². The maximum Gasteiger partial charge on any atom is 0.326 e. The fourth-order valence-corrected chi connectivity index (χ4v) is 4.74. The van der Waals surface area contributed by atoms with Gasteiger partial charge in [-0.3, -0.25) is 15.0 Å². The van der Waals surface area contributed by atoms with Crippen molar-refractivity contribution in [3.05, 3.63) is 114 Å². The molecule has 206 valence electrons. The van der Waals surface area contributed by atoms with Gasteiger partial charge in [-0.25, -0.2) is 13.2 Å². The van der Waals surface area contributed by atoms with E-state index < -0.39 is 20.8 Å². The number of carbonyl (C=O) groups excluding carboxylic acids is 1. The number of nitrogens with one attached hydrogen (secondary N) is 3. The highest BCUT2D eigenvalue weighted by Gasteiger charge is 2.30. The summed E-state index contributed by atoms with van der Waals surface area (Å²) in [5.41, 5.74) is 10.0. The number of amidine groups is 1. The summed E-state index contributed by atoms with van der Waals surface area (Å²) in [4.78, 5) is 15.2. The number of para-hydroxylation sites is 1. The lowest BCUT2D eigenvalue weighted by Gasteiger charge is -2.25. The summed E-state index contributed by atoms with van der Waals surface area (Å²) in [7, 11) is -3.74. The van der Waals surface area contributed by atoms with Gasteiger partial charge in [0.25, 0.3) is 0 Å². The first-order valence-corrected chi connectivity index (χ1v) is 14.2. The molecular formula is C31H33N5O3S. The third kappa shape index (κ3) is 6.68. The summed E-state index contributed by atoms with van der Waals surface area (Å²) < 4.78 is 27.8. The predicted octanol–water partition coefficient (Wildman–Crippen LogP) is 6.42. The first-order chi connectivity index (χ1) is 18.9. The van der Waals surface area contributed by atoms with Crippen LogP contribution in [0.4, 0.5) is 21.9 Å². The van der Waals surface area contributed by atoms with Crippen molar-refractivity contribution in [3.63, 3.8) is 0 Å². The third-order valence-corrected chi connectivity index (χ3v) is 8.40. The van der Waals surface area contributed by atoms with E-state index >= 15 is 0 Å². The van der Waals surface area contributed by atoms with Crippen LogP contribution in [0.15, 0.2) is 103 Å².